The topological polar surface area (TPSA) is 112 Å². The van der Waals surface area contributed by atoms with E-state index in [0.717, 1.165) is 35.5 Å². The summed E-state index contributed by atoms with van der Waals surface area (Å²) < 4.78 is 6.06. The van der Waals surface area contributed by atoms with E-state index in [4.69, 9.17) is 4.74 Å². The van der Waals surface area contributed by atoms with Crippen LogP contribution in [0.15, 0.2) is 11.0 Å². The van der Waals surface area contributed by atoms with E-state index in [1.165, 1.54) is 0 Å². The van der Waals surface area contributed by atoms with Crippen molar-refractivity contribution in [1.29, 1.82) is 0 Å². The highest BCUT2D eigenvalue weighted by Gasteiger charge is 2.52. The first-order valence-electron chi connectivity index (χ1n) is 11.9. The van der Waals surface area contributed by atoms with Crippen LogP contribution in [0, 0.1) is 18.8 Å². The number of aromatic nitrogens is 1. The molecule has 3 heterocycles. The minimum Gasteiger partial charge on any atom is -0.392 e. The minimum absolute atomic E-state index is 0.0295. The SMILES string of the molecule is C/C(=C\c1csc(C)n1)[C@@H]1C[C@@H]2O[C@]2(C)CCC[C@H](C)[C@H](O)[C@@H](C)C(=O)C[C@@H](O)CC(=O)N1. The van der Waals surface area contributed by atoms with Gasteiger partial charge in [0.25, 0.3) is 0 Å². The average molecular weight is 479 g/mol. The number of epoxide rings is 1. The molecule has 1 amide bonds. The van der Waals surface area contributed by atoms with E-state index < -0.39 is 18.1 Å². The highest BCUT2D eigenvalue weighted by Crippen LogP contribution is 2.44. The van der Waals surface area contributed by atoms with Crippen molar-refractivity contribution in [1.82, 2.24) is 10.3 Å². The smallest absolute Gasteiger partial charge is 0.223 e. The molecular weight excluding hydrogens is 440 g/mol. The highest BCUT2D eigenvalue weighted by molar-refractivity contribution is 7.09. The Balaban J connectivity index is 1.78. The number of ether oxygens (including phenoxy) is 1. The Morgan fingerprint density at radius 3 is 2.70 bits per heavy atom. The second-order valence-corrected chi connectivity index (χ2v) is 11.2. The quantitative estimate of drug-likeness (QED) is 0.562. The maximum absolute atomic E-state index is 12.7. The van der Waals surface area contributed by atoms with Crippen LogP contribution in [0.25, 0.3) is 6.08 Å². The van der Waals surface area contributed by atoms with Crippen LogP contribution in [0.1, 0.15) is 76.9 Å². The third-order valence-electron chi connectivity index (χ3n) is 7.18. The van der Waals surface area contributed by atoms with E-state index in [9.17, 15) is 19.8 Å². The second kappa shape index (κ2) is 10.8. The van der Waals surface area contributed by atoms with Crippen molar-refractivity contribution < 1.29 is 24.5 Å². The molecule has 7 atom stereocenters. The van der Waals surface area contributed by atoms with Crippen molar-refractivity contribution >= 4 is 29.1 Å². The number of Topliss-reactive ketones (excluding diaryl/α,β-unsaturated/α-hetero) is 1. The molecule has 3 N–H and O–H groups in total. The van der Waals surface area contributed by atoms with Crippen LogP contribution >= 0.6 is 11.3 Å². The molecule has 8 heteroatoms. The summed E-state index contributed by atoms with van der Waals surface area (Å²) in [6, 6.07) is -0.248. The predicted octanol–water partition coefficient (Wildman–Crippen LogP) is 3.41. The molecule has 2 fully saturated rings. The number of carbonyl (C=O) groups is 2. The number of carbonyl (C=O) groups excluding carboxylic acids is 2. The van der Waals surface area contributed by atoms with Gasteiger partial charge in [-0.15, -0.1) is 11.3 Å². The summed E-state index contributed by atoms with van der Waals surface area (Å²) in [6.07, 6.45) is 3.06. The molecule has 184 valence electrons. The molecule has 2 saturated heterocycles. The first kappa shape index (κ1) is 26.0. The van der Waals surface area contributed by atoms with E-state index in [1.54, 1.807) is 18.3 Å². The number of ketones is 1. The lowest BCUT2D eigenvalue weighted by Gasteiger charge is -2.26. The van der Waals surface area contributed by atoms with Gasteiger partial charge < -0.3 is 20.3 Å². The molecular formula is C25H38N2O5S. The van der Waals surface area contributed by atoms with Crippen LogP contribution in [0.5, 0.6) is 0 Å². The fraction of sp³-hybridized carbons (Fsp3) is 0.720. The van der Waals surface area contributed by atoms with Crippen molar-refractivity contribution in [3.63, 3.8) is 0 Å². The second-order valence-electron chi connectivity index (χ2n) is 10.1. The fourth-order valence-electron chi connectivity index (χ4n) is 4.75. The Hall–Kier alpha value is -1.61. The van der Waals surface area contributed by atoms with E-state index in [2.05, 4.69) is 17.2 Å². The number of aliphatic hydroxyl groups excluding tert-OH is 2. The molecule has 0 aliphatic carbocycles. The number of amides is 1. The normalized spacial score (nSPS) is 37.4. The Labute approximate surface area is 200 Å². The zero-order valence-electron chi connectivity index (χ0n) is 20.3. The standard InChI is InChI=1S/C25H38N2O5S/c1-14-7-6-8-25(5)22(32-25)12-20(15(2)9-18-13-33-17(4)26-18)27-23(30)11-19(28)10-21(29)16(3)24(14)31/h9,13-14,16,19-20,22,24,28,31H,6-8,10-12H2,1-5H3,(H,27,30)/b15-9+/t14-,16-,19+,20-,22-,24-,25+/m0/s1. The third-order valence-corrected chi connectivity index (χ3v) is 7.97. The molecule has 0 spiro atoms. The maximum atomic E-state index is 12.7. The predicted molar refractivity (Wildman–Crippen MR) is 129 cm³/mol. The van der Waals surface area contributed by atoms with Gasteiger partial charge in [0, 0.05) is 24.1 Å². The lowest BCUT2D eigenvalue weighted by atomic mass is 9.84. The molecule has 7 nitrogen and oxygen atoms in total. The van der Waals surface area contributed by atoms with Gasteiger partial charge in [-0.3, -0.25) is 9.59 Å². The molecule has 3 rings (SSSR count). The molecule has 2 aliphatic rings. The van der Waals surface area contributed by atoms with Crippen LogP contribution in [0.4, 0.5) is 0 Å². The van der Waals surface area contributed by atoms with Gasteiger partial charge >= 0.3 is 0 Å². The van der Waals surface area contributed by atoms with Crippen molar-refractivity contribution in [3.05, 3.63) is 21.7 Å². The summed E-state index contributed by atoms with van der Waals surface area (Å²) >= 11 is 1.58. The van der Waals surface area contributed by atoms with Gasteiger partial charge in [-0.05, 0) is 51.2 Å². The zero-order valence-corrected chi connectivity index (χ0v) is 21.2. The fourth-order valence-corrected chi connectivity index (χ4v) is 5.32. The summed E-state index contributed by atoms with van der Waals surface area (Å²) in [5.74, 6) is -1.13. The van der Waals surface area contributed by atoms with Crippen LogP contribution in [-0.2, 0) is 14.3 Å². The van der Waals surface area contributed by atoms with Crippen molar-refractivity contribution in [2.75, 3.05) is 0 Å². The third kappa shape index (κ3) is 6.94. The van der Waals surface area contributed by atoms with Crippen LogP contribution in [-0.4, -0.2) is 56.8 Å². The van der Waals surface area contributed by atoms with Gasteiger partial charge in [0.05, 0.1) is 47.1 Å². The van der Waals surface area contributed by atoms with Gasteiger partial charge in [0.15, 0.2) is 0 Å². The number of nitrogens with zero attached hydrogens (tertiary/aromatic N) is 1. The Morgan fingerprint density at radius 1 is 1.30 bits per heavy atom. The summed E-state index contributed by atoms with van der Waals surface area (Å²) in [5.41, 5.74) is 1.59. The number of rotatable bonds is 2. The van der Waals surface area contributed by atoms with Gasteiger partial charge in [-0.25, -0.2) is 4.98 Å². The van der Waals surface area contributed by atoms with Crippen LogP contribution in [0.2, 0.25) is 0 Å². The van der Waals surface area contributed by atoms with Crippen molar-refractivity contribution in [2.24, 2.45) is 11.8 Å². The van der Waals surface area contributed by atoms with Gasteiger partial charge in [-0.2, -0.15) is 0 Å². The number of nitrogens with one attached hydrogen (secondary N) is 1. The summed E-state index contributed by atoms with van der Waals surface area (Å²) in [4.78, 5) is 29.8. The van der Waals surface area contributed by atoms with E-state index in [1.807, 2.05) is 32.2 Å². The lowest BCUT2D eigenvalue weighted by molar-refractivity contribution is -0.130. The van der Waals surface area contributed by atoms with Crippen molar-refractivity contribution in [3.8, 4) is 0 Å². The number of aryl methyl sites for hydroxylation is 1. The molecule has 0 unspecified atom stereocenters. The van der Waals surface area contributed by atoms with Crippen LogP contribution < -0.4 is 5.32 Å². The molecule has 0 aromatic carbocycles. The summed E-state index contributed by atoms with van der Waals surface area (Å²) in [6.45, 7) is 9.69. The summed E-state index contributed by atoms with van der Waals surface area (Å²) in [5, 5.41) is 27.0. The Bertz CT molecular complexity index is 884. The molecule has 33 heavy (non-hydrogen) atoms. The monoisotopic (exact) mass is 478 g/mol. The van der Waals surface area contributed by atoms with Gasteiger partial charge in [0.2, 0.25) is 5.91 Å². The first-order chi connectivity index (χ1) is 15.5. The highest BCUT2D eigenvalue weighted by atomic mass is 32.1. The molecule has 2 aliphatic heterocycles. The van der Waals surface area contributed by atoms with Crippen molar-refractivity contribution in [2.45, 2.75) is 103 Å². The molecule has 1 aromatic heterocycles. The maximum Gasteiger partial charge on any atom is 0.223 e. The number of hydrogen-bond acceptors (Lipinski definition) is 7. The zero-order chi connectivity index (χ0) is 24.3. The van der Waals surface area contributed by atoms with Gasteiger partial charge in [-0.1, -0.05) is 20.3 Å². The molecule has 0 radical (unpaired) electrons. The lowest BCUT2D eigenvalue weighted by Crippen LogP contribution is -2.40. The first-order valence-corrected chi connectivity index (χ1v) is 12.8. The Morgan fingerprint density at radius 2 is 2.03 bits per heavy atom. The molecule has 0 saturated carbocycles. The average Bonchev–Trinajstić information content (AvgIpc) is 3.17. The Kier molecular flexibility index (Phi) is 8.48. The van der Waals surface area contributed by atoms with E-state index in [0.29, 0.717) is 6.42 Å². The number of hydrogen-bond donors (Lipinski definition) is 3. The number of thiazole rings is 1. The summed E-state index contributed by atoms with van der Waals surface area (Å²) in [7, 11) is 0. The number of fused-ring (bicyclic) bond motifs is 1. The number of aliphatic hydroxyl groups is 2. The van der Waals surface area contributed by atoms with E-state index >= 15 is 0 Å². The van der Waals surface area contributed by atoms with Crippen LogP contribution in [0.3, 0.4) is 0 Å². The molecule has 0 bridgehead atoms. The largest absolute Gasteiger partial charge is 0.392 e. The van der Waals surface area contributed by atoms with Gasteiger partial charge in [0.1, 0.15) is 5.78 Å². The minimum atomic E-state index is -1.08. The molecule has 1 aromatic rings. The van der Waals surface area contributed by atoms with E-state index in [-0.39, 0.29) is 48.2 Å².